The van der Waals surface area contributed by atoms with Gasteiger partial charge in [-0.1, -0.05) is 12.1 Å². The lowest BCUT2D eigenvalue weighted by atomic mass is 10.1. The molecule has 25 heavy (non-hydrogen) atoms. The van der Waals surface area contributed by atoms with Crippen LogP contribution in [0.2, 0.25) is 0 Å². The number of para-hydroxylation sites is 2. The molecule has 1 aliphatic heterocycles. The smallest absolute Gasteiger partial charge is 0.317 e. The number of aryl methyl sites for hydroxylation is 1. The average molecular weight is 364 g/mol. The molecule has 2 amide bonds. The number of sulfone groups is 1. The Labute approximate surface area is 147 Å². The van der Waals surface area contributed by atoms with Gasteiger partial charge in [0.2, 0.25) is 0 Å². The molecule has 1 aromatic heterocycles. The molecule has 8 heteroatoms. The van der Waals surface area contributed by atoms with Crippen LogP contribution in [-0.4, -0.2) is 54.0 Å². The summed E-state index contributed by atoms with van der Waals surface area (Å²) in [6.45, 7) is 3.63. The molecule has 0 bridgehead atoms. The van der Waals surface area contributed by atoms with Crippen molar-refractivity contribution in [3.63, 3.8) is 0 Å². The third kappa shape index (κ3) is 3.95. The van der Waals surface area contributed by atoms with Crippen LogP contribution in [-0.2, 0) is 22.9 Å². The van der Waals surface area contributed by atoms with Gasteiger partial charge in [0, 0.05) is 20.1 Å². The lowest BCUT2D eigenvalue weighted by molar-refractivity contribution is 0.203. The zero-order chi connectivity index (χ0) is 18.0. The summed E-state index contributed by atoms with van der Waals surface area (Å²) in [5.74, 6) is 1.25. The number of hydrogen-bond donors (Lipinski definition) is 1. The van der Waals surface area contributed by atoms with E-state index in [2.05, 4.69) is 21.8 Å². The Balaban J connectivity index is 1.62. The number of aromatic nitrogens is 2. The van der Waals surface area contributed by atoms with Crippen molar-refractivity contribution in [3.8, 4) is 0 Å². The van der Waals surface area contributed by atoms with Crippen LogP contribution in [0.4, 0.5) is 4.79 Å². The van der Waals surface area contributed by atoms with Crippen molar-refractivity contribution in [2.75, 3.05) is 25.1 Å². The highest BCUT2D eigenvalue weighted by Gasteiger charge is 2.28. The number of urea groups is 1. The topological polar surface area (TPSA) is 84.3 Å². The summed E-state index contributed by atoms with van der Waals surface area (Å²) in [7, 11) is -1.19. The maximum absolute atomic E-state index is 12.3. The van der Waals surface area contributed by atoms with Crippen LogP contribution in [0.3, 0.4) is 0 Å². The van der Waals surface area contributed by atoms with Gasteiger partial charge in [0.1, 0.15) is 5.82 Å². The van der Waals surface area contributed by atoms with Gasteiger partial charge in [0.15, 0.2) is 9.84 Å². The van der Waals surface area contributed by atoms with Gasteiger partial charge in [-0.15, -0.1) is 0 Å². The predicted molar refractivity (Wildman–Crippen MR) is 97.0 cm³/mol. The Morgan fingerprint density at radius 2 is 2.16 bits per heavy atom. The van der Waals surface area contributed by atoms with Gasteiger partial charge in [-0.25, -0.2) is 18.2 Å². The minimum Gasteiger partial charge on any atom is -0.338 e. The van der Waals surface area contributed by atoms with Gasteiger partial charge in [-0.05, 0) is 31.4 Å². The maximum Gasteiger partial charge on any atom is 0.317 e. The van der Waals surface area contributed by atoms with E-state index >= 15 is 0 Å². The second-order valence-electron chi connectivity index (χ2n) is 6.57. The highest BCUT2D eigenvalue weighted by molar-refractivity contribution is 7.91. The van der Waals surface area contributed by atoms with Gasteiger partial charge < -0.3 is 14.8 Å². The normalized spacial score (nSPS) is 19.2. The average Bonchev–Trinajstić information content (AvgIpc) is 3.11. The quantitative estimate of drug-likeness (QED) is 0.874. The number of carbonyl (C=O) groups excluding carboxylic acids is 1. The van der Waals surface area contributed by atoms with Crippen molar-refractivity contribution < 1.29 is 13.2 Å². The molecule has 1 N–H and O–H groups in total. The molecule has 1 saturated heterocycles. The van der Waals surface area contributed by atoms with E-state index in [9.17, 15) is 13.2 Å². The molecule has 0 radical (unpaired) electrons. The van der Waals surface area contributed by atoms with Crippen LogP contribution >= 0.6 is 0 Å². The van der Waals surface area contributed by atoms with Crippen LogP contribution < -0.4 is 5.32 Å². The second kappa shape index (κ2) is 7.03. The molecule has 0 saturated carbocycles. The first-order valence-electron chi connectivity index (χ1n) is 8.53. The molecule has 2 aromatic rings. The molecular weight excluding hydrogens is 340 g/mol. The van der Waals surface area contributed by atoms with Gasteiger partial charge in [-0.3, -0.25) is 0 Å². The summed E-state index contributed by atoms with van der Waals surface area (Å²) in [4.78, 5) is 18.5. The molecule has 7 nitrogen and oxygen atoms in total. The summed E-state index contributed by atoms with van der Waals surface area (Å²) in [6, 6.07) is 7.71. The molecule has 3 rings (SSSR count). The zero-order valence-corrected chi connectivity index (χ0v) is 15.4. The van der Waals surface area contributed by atoms with Crippen LogP contribution in [0, 0.1) is 5.92 Å². The number of hydrogen-bond acceptors (Lipinski definition) is 4. The van der Waals surface area contributed by atoms with Crippen molar-refractivity contribution in [2.24, 2.45) is 5.92 Å². The standard InChI is InChI=1S/C17H24N4O3S/c1-3-21-15-7-5-4-6-14(15)19-16(21)11-20(2)17(22)18-10-13-8-9-25(23,24)12-13/h4-7,13H,3,8-12H2,1-2H3,(H,18,22)/t13-/m0/s1. The Bertz CT molecular complexity index is 875. The summed E-state index contributed by atoms with van der Waals surface area (Å²) in [6.07, 6.45) is 0.623. The van der Waals surface area contributed by atoms with Crippen LogP contribution in [0.15, 0.2) is 24.3 Å². The number of nitrogens with zero attached hydrogens (tertiary/aromatic N) is 3. The summed E-state index contributed by atoms with van der Waals surface area (Å²) >= 11 is 0. The Kier molecular flexibility index (Phi) is 4.99. The Morgan fingerprint density at radius 1 is 1.40 bits per heavy atom. The van der Waals surface area contributed by atoms with Gasteiger partial charge in [-0.2, -0.15) is 0 Å². The fourth-order valence-electron chi connectivity index (χ4n) is 3.28. The van der Waals surface area contributed by atoms with E-state index in [1.54, 1.807) is 11.9 Å². The third-order valence-electron chi connectivity index (χ3n) is 4.64. The van der Waals surface area contributed by atoms with E-state index in [1.165, 1.54) is 0 Å². The van der Waals surface area contributed by atoms with Crippen LogP contribution in [0.25, 0.3) is 11.0 Å². The first-order valence-corrected chi connectivity index (χ1v) is 10.4. The molecular formula is C17H24N4O3S. The number of carbonyl (C=O) groups is 1. The van der Waals surface area contributed by atoms with Gasteiger partial charge in [0.05, 0.1) is 29.1 Å². The zero-order valence-electron chi connectivity index (χ0n) is 14.6. The van der Waals surface area contributed by atoms with Gasteiger partial charge >= 0.3 is 6.03 Å². The lowest BCUT2D eigenvalue weighted by Crippen LogP contribution is -2.39. The highest BCUT2D eigenvalue weighted by atomic mass is 32.2. The monoisotopic (exact) mass is 364 g/mol. The van der Waals surface area contributed by atoms with E-state index in [1.807, 2.05) is 24.3 Å². The van der Waals surface area contributed by atoms with E-state index in [0.717, 1.165) is 23.4 Å². The van der Waals surface area contributed by atoms with Gasteiger partial charge in [0.25, 0.3) is 0 Å². The molecule has 1 aromatic carbocycles. The fraction of sp³-hybridized carbons (Fsp3) is 0.529. The fourth-order valence-corrected chi connectivity index (χ4v) is 5.14. The number of fused-ring (bicyclic) bond motifs is 1. The molecule has 1 aliphatic rings. The summed E-state index contributed by atoms with van der Waals surface area (Å²) in [5, 5.41) is 2.84. The summed E-state index contributed by atoms with van der Waals surface area (Å²) < 4.78 is 25.1. The largest absolute Gasteiger partial charge is 0.338 e. The number of rotatable bonds is 5. The Hall–Kier alpha value is -2.09. The van der Waals surface area contributed by atoms with Crippen molar-refractivity contribution in [2.45, 2.75) is 26.4 Å². The molecule has 2 heterocycles. The minimum atomic E-state index is -2.91. The molecule has 0 unspecified atom stereocenters. The summed E-state index contributed by atoms with van der Waals surface area (Å²) in [5.41, 5.74) is 1.98. The third-order valence-corrected chi connectivity index (χ3v) is 6.48. The predicted octanol–water partition coefficient (Wildman–Crippen LogP) is 1.63. The van der Waals surface area contributed by atoms with E-state index in [4.69, 9.17) is 0 Å². The number of benzene rings is 1. The number of nitrogens with one attached hydrogen (secondary N) is 1. The lowest BCUT2D eigenvalue weighted by Gasteiger charge is -2.19. The van der Waals surface area contributed by atoms with Crippen molar-refractivity contribution in [3.05, 3.63) is 30.1 Å². The molecule has 136 valence electrons. The van der Waals surface area contributed by atoms with E-state index in [0.29, 0.717) is 19.5 Å². The van der Waals surface area contributed by atoms with Crippen molar-refractivity contribution in [1.29, 1.82) is 0 Å². The molecule has 0 aliphatic carbocycles. The molecule has 1 atom stereocenters. The van der Waals surface area contributed by atoms with Crippen molar-refractivity contribution in [1.82, 2.24) is 19.8 Å². The number of amides is 2. The highest BCUT2D eigenvalue weighted by Crippen LogP contribution is 2.18. The first kappa shape index (κ1) is 17.7. The maximum atomic E-state index is 12.3. The first-order chi connectivity index (χ1) is 11.9. The number of imidazole rings is 1. The van der Waals surface area contributed by atoms with Crippen LogP contribution in [0.5, 0.6) is 0 Å². The molecule has 1 fully saturated rings. The SMILES string of the molecule is CCn1c(CN(C)C(=O)NC[C@@H]2CCS(=O)(=O)C2)nc2ccccc21. The second-order valence-corrected chi connectivity index (χ2v) is 8.80. The van der Waals surface area contributed by atoms with Crippen LogP contribution in [0.1, 0.15) is 19.2 Å². The van der Waals surface area contributed by atoms with E-state index < -0.39 is 9.84 Å². The van der Waals surface area contributed by atoms with E-state index in [-0.39, 0.29) is 23.5 Å². The Morgan fingerprint density at radius 3 is 2.84 bits per heavy atom. The minimum absolute atomic E-state index is 0.0163. The molecule has 0 spiro atoms. The van der Waals surface area contributed by atoms with Crippen molar-refractivity contribution >= 4 is 26.9 Å².